The minimum Gasteiger partial charge on any atom is -0.507 e. The van der Waals surface area contributed by atoms with E-state index in [9.17, 15) is 9.90 Å². The lowest BCUT2D eigenvalue weighted by atomic mass is 10.1. The molecule has 0 amide bonds. The highest BCUT2D eigenvalue weighted by Crippen LogP contribution is 2.30. The van der Waals surface area contributed by atoms with E-state index in [1.807, 2.05) is 24.3 Å². The molecule has 1 heterocycles. The monoisotopic (exact) mass is 416 g/mol. The Balaban J connectivity index is 1.89. The molecule has 1 aromatic heterocycles. The molecular weight excluding hydrogens is 396 g/mol. The standard InChI is InChI=1S/C21H21BrO4/c1-2-3-4-5-10-25-16-11-18(23)20-19(12-16)26-13-17(21(20)24)14-6-8-15(22)9-7-14/h6-9,11-13,23H,2-5,10H2,1H3. The van der Waals surface area contributed by atoms with E-state index in [0.29, 0.717) is 23.5 Å². The van der Waals surface area contributed by atoms with Crippen LogP contribution >= 0.6 is 15.9 Å². The third kappa shape index (κ3) is 4.10. The zero-order valence-electron chi connectivity index (χ0n) is 14.6. The number of hydrogen-bond acceptors (Lipinski definition) is 4. The van der Waals surface area contributed by atoms with Gasteiger partial charge in [0.2, 0.25) is 5.43 Å². The summed E-state index contributed by atoms with van der Waals surface area (Å²) >= 11 is 3.37. The van der Waals surface area contributed by atoms with Crippen LogP contribution < -0.4 is 10.2 Å². The topological polar surface area (TPSA) is 59.7 Å². The molecule has 0 saturated heterocycles. The molecule has 2 aromatic carbocycles. The van der Waals surface area contributed by atoms with Gasteiger partial charge in [0.05, 0.1) is 12.2 Å². The first-order valence-corrected chi connectivity index (χ1v) is 9.56. The van der Waals surface area contributed by atoms with Crippen LogP contribution in [0.4, 0.5) is 0 Å². The van der Waals surface area contributed by atoms with Crippen LogP contribution in [-0.4, -0.2) is 11.7 Å². The molecule has 0 fully saturated rings. The summed E-state index contributed by atoms with van der Waals surface area (Å²) in [6.45, 7) is 2.74. The number of rotatable bonds is 7. The number of hydrogen-bond donors (Lipinski definition) is 1. The number of ether oxygens (including phenoxy) is 1. The van der Waals surface area contributed by atoms with Gasteiger partial charge in [0.1, 0.15) is 28.7 Å². The maximum Gasteiger partial charge on any atom is 0.204 e. The molecule has 4 nitrogen and oxygen atoms in total. The van der Waals surface area contributed by atoms with Crippen LogP contribution in [0.1, 0.15) is 32.6 Å². The fourth-order valence-corrected chi connectivity index (χ4v) is 3.10. The van der Waals surface area contributed by atoms with E-state index in [1.165, 1.54) is 25.2 Å². The molecule has 136 valence electrons. The minimum absolute atomic E-state index is 0.126. The molecule has 0 saturated carbocycles. The van der Waals surface area contributed by atoms with Crippen molar-refractivity contribution in [2.75, 3.05) is 6.61 Å². The van der Waals surface area contributed by atoms with Crippen molar-refractivity contribution in [1.82, 2.24) is 0 Å². The van der Waals surface area contributed by atoms with E-state index in [0.717, 1.165) is 22.9 Å². The third-order valence-corrected chi connectivity index (χ3v) is 4.78. The summed E-state index contributed by atoms with van der Waals surface area (Å²) in [7, 11) is 0. The van der Waals surface area contributed by atoms with Gasteiger partial charge in [-0.3, -0.25) is 4.79 Å². The molecule has 0 aliphatic carbocycles. The van der Waals surface area contributed by atoms with Crippen molar-refractivity contribution in [3.8, 4) is 22.6 Å². The zero-order valence-corrected chi connectivity index (χ0v) is 16.2. The second kappa shape index (κ2) is 8.41. The first-order chi connectivity index (χ1) is 12.6. The molecular formula is C21H21BrO4. The SMILES string of the molecule is CCCCCCOc1cc(O)c2c(=O)c(-c3ccc(Br)cc3)coc2c1. The highest BCUT2D eigenvalue weighted by Gasteiger charge is 2.14. The van der Waals surface area contributed by atoms with Gasteiger partial charge in [-0.25, -0.2) is 0 Å². The Morgan fingerprint density at radius 1 is 1.12 bits per heavy atom. The molecule has 0 atom stereocenters. The van der Waals surface area contributed by atoms with Crippen LogP contribution in [-0.2, 0) is 0 Å². The molecule has 0 radical (unpaired) electrons. The predicted octanol–water partition coefficient (Wildman–Crippen LogP) is 5.89. The predicted molar refractivity (Wildman–Crippen MR) is 107 cm³/mol. The summed E-state index contributed by atoms with van der Waals surface area (Å²) in [6.07, 6.45) is 5.85. The quantitative estimate of drug-likeness (QED) is 0.487. The van der Waals surface area contributed by atoms with Crippen molar-refractivity contribution >= 4 is 26.9 Å². The molecule has 0 aliphatic heterocycles. The van der Waals surface area contributed by atoms with Gasteiger partial charge in [0.25, 0.3) is 0 Å². The van der Waals surface area contributed by atoms with Crippen LogP contribution in [0.3, 0.4) is 0 Å². The lowest BCUT2D eigenvalue weighted by Gasteiger charge is -2.09. The summed E-state index contributed by atoms with van der Waals surface area (Å²) in [5.41, 5.74) is 1.20. The van der Waals surface area contributed by atoms with E-state index >= 15 is 0 Å². The van der Waals surface area contributed by atoms with E-state index in [4.69, 9.17) is 9.15 Å². The lowest BCUT2D eigenvalue weighted by molar-refractivity contribution is 0.303. The van der Waals surface area contributed by atoms with Gasteiger partial charge in [-0.05, 0) is 24.1 Å². The van der Waals surface area contributed by atoms with Crippen LogP contribution in [0, 0.1) is 0 Å². The van der Waals surface area contributed by atoms with Gasteiger partial charge >= 0.3 is 0 Å². The van der Waals surface area contributed by atoms with Gasteiger partial charge < -0.3 is 14.3 Å². The summed E-state index contributed by atoms with van der Waals surface area (Å²) < 4.78 is 12.2. The smallest absolute Gasteiger partial charge is 0.204 e. The average Bonchev–Trinajstić information content (AvgIpc) is 2.62. The number of unbranched alkanes of at least 4 members (excludes halogenated alkanes) is 3. The largest absolute Gasteiger partial charge is 0.507 e. The second-order valence-corrected chi connectivity index (χ2v) is 7.13. The Labute approximate surface area is 160 Å². The Kier molecular flexibility index (Phi) is 5.99. The number of halogens is 1. The molecule has 0 unspecified atom stereocenters. The minimum atomic E-state index is -0.263. The summed E-state index contributed by atoms with van der Waals surface area (Å²) in [5.74, 6) is 0.379. The van der Waals surface area contributed by atoms with Gasteiger partial charge in [0.15, 0.2) is 0 Å². The van der Waals surface area contributed by atoms with Crippen molar-refractivity contribution in [1.29, 1.82) is 0 Å². The summed E-state index contributed by atoms with van der Waals surface area (Å²) in [4.78, 5) is 12.8. The lowest BCUT2D eigenvalue weighted by Crippen LogP contribution is -2.05. The first-order valence-electron chi connectivity index (χ1n) is 8.77. The second-order valence-electron chi connectivity index (χ2n) is 6.21. The van der Waals surface area contributed by atoms with Crippen LogP contribution in [0.25, 0.3) is 22.1 Å². The Bertz CT molecular complexity index is 945. The molecule has 0 spiro atoms. The fraction of sp³-hybridized carbons (Fsp3) is 0.286. The highest BCUT2D eigenvalue weighted by atomic mass is 79.9. The highest BCUT2D eigenvalue weighted by molar-refractivity contribution is 9.10. The fourth-order valence-electron chi connectivity index (χ4n) is 2.84. The zero-order chi connectivity index (χ0) is 18.5. The number of phenols is 1. The summed E-state index contributed by atoms with van der Waals surface area (Å²) in [6, 6.07) is 10.5. The Morgan fingerprint density at radius 2 is 1.88 bits per heavy atom. The number of fused-ring (bicyclic) bond motifs is 1. The molecule has 5 heteroatoms. The van der Waals surface area contributed by atoms with Gasteiger partial charge in [-0.1, -0.05) is 54.2 Å². The van der Waals surface area contributed by atoms with E-state index in [1.54, 1.807) is 6.07 Å². The first kappa shape index (κ1) is 18.5. The third-order valence-electron chi connectivity index (χ3n) is 4.25. The Hall–Kier alpha value is -2.27. The van der Waals surface area contributed by atoms with E-state index < -0.39 is 0 Å². The molecule has 0 aliphatic rings. The van der Waals surface area contributed by atoms with Gasteiger partial charge in [0, 0.05) is 16.6 Å². The maximum absolute atomic E-state index is 12.8. The van der Waals surface area contributed by atoms with Crippen LogP contribution in [0.2, 0.25) is 0 Å². The van der Waals surface area contributed by atoms with Gasteiger partial charge in [-0.15, -0.1) is 0 Å². The van der Waals surface area contributed by atoms with Crippen molar-refractivity contribution in [3.05, 3.63) is 57.4 Å². The molecule has 0 bridgehead atoms. The van der Waals surface area contributed by atoms with Crippen molar-refractivity contribution < 1.29 is 14.3 Å². The number of aromatic hydroxyl groups is 1. The van der Waals surface area contributed by atoms with Crippen LogP contribution in [0.5, 0.6) is 11.5 Å². The maximum atomic E-state index is 12.8. The summed E-state index contributed by atoms with van der Waals surface area (Å²) in [5, 5.41) is 10.5. The molecule has 3 aromatic rings. The molecule has 26 heavy (non-hydrogen) atoms. The van der Waals surface area contributed by atoms with Crippen molar-refractivity contribution in [2.24, 2.45) is 0 Å². The van der Waals surface area contributed by atoms with E-state index in [-0.39, 0.29) is 16.6 Å². The van der Waals surface area contributed by atoms with Crippen LogP contribution in [0.15, 0.2) is 56.3 Å². The molecule has 3 rings (SSSR count). The van der Waals surface area contributed by atoms with Gasteiger partial charge in [-0.2, -0.15) is 0 Å². The van der Waals surface area contributed by atoms with Crippen molar-refractivity contribution in [2.45, 2.75) is 32.6 Å². The number of benzene rings is 2. The normalized spacial score (nSPS) is 11.0. The molecule has 1 N–H and O–H groups in total. The number of phenolic OH excluding ortho intramolecular Hbond substituents is 1. The van der Waals surface area contributed by atoms with E-state index in [2.05, 4.69) is 22.9 Å². The van der Waals surface area contributed by atoms with Crippen molar-refractivity contribution in [3.63, 3.8) is 0 Å². The Morgan fingerprint density at radius 3 is 2.62 bits per heavy atom. The average molecular weight is 417 g/mol.